The SMILES string of the molecule is O=C(NC1(C(Cl)Cl)N=C(c2cccs2)NC1=O)c1ccccc1. The quantitative estimate of drug-likeness (QED) is 0.815. The number of aliphatic imine (C=N–C) groups is 1. The summed E-state index contributed by atoms with van der Waals surface area (Å²) >= 11 is 13.4. The van der Waals surface area contributed by atoms with Crippen molar-refractivity contribution in [3.05, 3.63) is 58.3 Å². The van der Waals surface area contributed by atoms with Crippen molar-refractivity contribution < 1.29 is 9.59 Å². The lowest BCUT2D eigenvalue weighted by Gasteiger charge is -2.25. The highest BCUT2D eigenvalue weighted by atomic mass is 35.5. The lowest BCUT2D eigenvalue weighted by molar-refractivity contribution is -0.124. The van der Waals surface area contributed by atoms with Crippen LogP contribution in [-0.2, 0) is 4.79 Å². The molecule has 1 aromatic heterocycles. The number of thiophene rings is 1. The maximum Gasteiger partial charge on any atom is 0.277 e. The Bertz CT molecular complexity index is 762. The molecule has 23 heavy (non-hydrogen) atoms. The highest BCUT2D eigenvalue weighted by molar-refractivity contribution is 7.12. The number of hydrogen-bond acceptors (Lipinski definition) is 4. The Morgan fingerprint density at radius 2 is 1.96 bits per heavy atom. The van der Waals surface area contributed by atoms with E-state index in [1.165, 1.54) is 11.3 Å². The molecule has 1 aromatic carbocycles. The predicted molar refractivity (Wildman–Crippen MR) is 91.1 cm³/mol. The van der Waals surface area contributed by atoms with E-state index >= 15 is 0 Å². The van der Waals surface area contributed by atoms with Gasteiger partial charge in [-0.05, 0) is 23.6 Å². The second-order valence-corrected chi connectivity index (χ2v) is 6.82. The third-order valence-corrected chi connectivity index (χ3v) is 4.78. The van der Waals surface area contributed by atoms with Crippen molar-refractivity contribution in [2.24, 2.45) is 4.99 Å². The van der Waals surface area contributed by atoms with Crippen LogP contribution in [0.25, 0.3) is 0 Å². The summed E-state index contributed by atoms with van der Waals surface area (Å²) in [5, 5.41) is 7.03. The Hall–Kier alpha value is -1.89. The fraction of sp³-hybridized carbons (Fsp3) is 0.133. The van der Waals surface area contributed by atoms with E-state index in [0.717, 1.165) is 4.88 Å². The van der Waals surface area contributed by atoms with Crippen molar-refractivity contribution in [1.29, 1.82) is 0 Å². The van der Waals surface area contributed by atoms with Crippen LogP contribution in [0.5, 0.6) is 0 Å². The molecule has 2 amide bonds. The molecule has 1 unspecified atom stereocenters. The first-order chi connectivity index (χ1) is 11.0. The van der Waals surface area contributed by atoms with E-state index in [-0.39, 0.29) is 0 Å². The number of carbonyl (C=O) groups excluding carboxylic acids is 2. The lowest BCUT2D eigenvalue weighted by Crippen LogP contribution is -2.58. The van der Waals surface area contributed by atoms with E-state index < -0.39 is 22.3 Å². The highest BCUT2D eigenvalue weighted by Crippen LogP contribution is 2.28. The van der Waals surface area contributed by atoms with Crippen LogP contribution in [0, 0.1) is 0 Å². The molecule has 0 spiro atoms. The van der Waals surface area contributed by atoms with Crippen LogP contribution in [0.15, 0.2) is 52.8 Å². The van der Waals surface area contributed by atoms with Crippen molar-refractivity contribution in [2.45, 2.75) is 10.5 Å². The summed E-state index contributed by atoms with van der Waals surface area (Å²) in [5.41, 5.74) is -1.37. The number of nitrogens with zero attached hydrogens (tertiary/aromatic N) is 1. The zero-order chi connectivity index (χ0) is 16.4. The second kappa shape index (κ2) is 6.31. The van der Waals surface area contributed by atoms with Crippen LogP contribution in [0.1, 0.15) is 15.2 Å². The summed E-state index contributed by atoms with van der Waals surface area (Å²) in [4.78, 5) is 28.6. The molecule has 1 aliphatic rings. The molecule has 2 aromatic rings. The number of carbonyl (C=O) groups is 2. The molecule has 0 saturated carbocycles. The number of halogens is 2. The summed E-state index contributed by atoms with van der Waals surface area (Å²) < 4.78 is 0. The summed E-state index contributed by atoms with van der Waals surface area (Å²) in [7, 11) is 0. The Labute approximate surface area is 146 Å². The molecule has 1 atom stereocenters. The largest absolute Gasteiger partial charge is 0.318 e. The maximum atomic E-state index is 12.4. The number of rotatable bonds is 4. The number of alkyl halides is 2. The van der Waals surface area contributed by atoms with Gasteiger partial charge in [-0.3, -0.25) is 9.59 Å². The van der Waals surface area contributed by atoms with Crippen LogP contribution in [0.3, 0.4) is 0 Å². The molecular formula is C15H11Cl2N3O2S. The molecule has 0 bridgehead atoms. The molecule has 118 valence electrons. The first kappa shape index (κ1) is 16.0. The van der Waals surface area contributed by atoms with Crippen molar-refractivity contribution in [2.75, 3.05) is 0 Å². The van der Waals surface area contributed by atoms with Gasteiger partial charge in [0.25, 0.3) is 11.8 Å². The zero-order valence-electron chi connectivity index (χ0n) is 11.6. The average molecular weight is 368 g/mol. The standard InChI is InChI=1S/C15H11Cl2N3O2S/c16-13(17)15(20-12(21)9-5-2-1-3-6-9)14(22)18-11(19-15)10-7-4-8-23-10/h1-8,13H,(H,20,21)(H,18,19,22). The lowest BCUT2D eigenvalue weighted by atomic mass is 10.1. The molecule has 0 aliphatic carbocycles. The summed E-state index contributed by atoms with van der Waals surface area (Å²) in [6.45, 7) is 0. The van der Waals surface area contributed by atoms with E-state index in [1.807, 2.05) is 11.4 Å². The third kappa shape index (κ3) is 2.97. The Kier molecular flexibility index (Phi) is 4.39. The minimum atomic E-state index is -1.75. The molecular weight excluding hydrogens is 357 g/mol. The molecule has 0 saturated heterocycles. The Morgan fingerprint density at radius 1 is 1.22 bits per heavy atom. The van der Waals surface area contributed by atoms with E-state index in [4.69, 9.17) is 23.2 Å². The Morgan fingerprint density at radius 3 is 2.57 bits per heavy atom. The smallest absolute Gasteiger partial charge is 0.277 e. The van der Waals surface area contributed by atoms with Gasteiger partial charge in [0.05, 0.1) is 4.88 Å². The van der Waals surface area contributed by atoms with E-state index in [1.54, 1.807) is 36.4 Å². The van der Waals surface area contributed by atoms with Crippen LogP contribution >= 0.6 is 34.5 Å². The van der Waals surface area contributed by atoms with Crippen molar-refractivity contribution in [3.63, 3.8) is 0 Å². The van der Waals surface area contributed by atoms with Gasteiger partial charge in [0.1, 0.15) is 5.84 Å². The monoisotopic (exact) mass is 367 g/mol. The number of amidine groups is 1. The van der Waals surface area contributed by atoms with Gasteiger partial charge in [0.2, 0.25) is 5.66 Å². The summed E-state index contributed by atoms with van der Waals surface area (Å²) in [6.07, 6.45) is 0. The third-order valence-electron chi connectivity index (χ3n) is 3.28. The van der Waals surface area contributed by atoms with Gasteiger partial charge in [-0.25, -0.2) is 4.99 Å². The number of benzene rings is 1. The van der Waals surface area contributed by atoms with Gasteiger partial charge in [-0.2, -0.15) is 0 Å². The van der Waals surface area contributed by atoms with Gasteiger partial charge in [-0.15, -0.1) is 11.3 Å². The van der Waals surface area contributed by atoms with E-state index in [0.29, 0.717) is 11.4 Å². The van der Waals surface area contributed by atoms with Crippen LogP contribution in [-0.4, -0.2) is 28.1 Å². The minimum Gasteiger partial charge on any atom is -0.318 e. The first-order valence-corrected chi connectivity index (χ1v) is 8.39. The molecule has 5 nitrogen and oxygen atoms in total. The van der Waals surface area contributed by atoms with Gasteiger partial charge < -0.3 is 10.6 Å². The molecule has 2 heterocycles. The molecule has 0 radical (unpaired) electrons. The average Bonchev–Trinajstić information content (AvgIpc) is 3.17. The fourth-order valence-corrected chi connectivity index (χ4v) is 3.18. The van der Waals surface area contributed by atoms with Gasteiger partial charge >= 0.3 is 0 Å². The van der Waals surface area contributed by atoms with E-state index in [9.17, 15) is 9.59 Å². The van der Waals surface area contributed by atoms with Crippen LogP contribution in [0.2, 0.25) is 0 Å². The van der Waals surface area contributed by atoms with Crippen molar-refractivity contribution in [3.8, 4) is 0 Å². The maximum absolute atomic E-state index is 12.4. The van der Waals surface area contributed by atoms with Crippen LogP contribution in [0.4, 0.5) is 0 Å². The van der Waals surface area contributed by atoms with Gasteiger partial charge in [0, 0.05) is 5.56 Å². The molecule has 2 N–H and O–H groups in total. The molecule has 3 rings (SSSR count). The number of amides is 2. The van der Waals surface area contributed by atoms with E-state index in [2.05, 4.69) is 15.6 Å². The summed E-state index contributed by atoms with van der Waals surface area (Å²) in [5.74, 6) is -0.715. The molecule has 0 fully saturated rings. The van der Waals surface area contributed by atoms with Gasteiger partial charge in [0.15, 0.2) is 4.84 Å². The first-order valence-electron chi connectivity index (χ1n) is 6.64. The summed E-state index contributed by atoms with van der Waals surface area (Å²) in [6, 6.07) is 12.1. The highest BCUT2D eigenvalue weighted by Gasteiger charge is 2.50. The molecule has 1 aliphatic heterocycles. The fourth-order valence-electron chi connectivity index (χ4n) is 2.11. The predicted octanol–water partition coefficient (Wildman–Crippen LogP) is 2.55. The molecule has 8 heteroatoms. The minimum absolute atomic E-state index is 0.338. The van der Waals surface area contributed by atoms with Crippen molar-refractivity contribution >= 4 is 52.2 Å². The van der Waals surface area contributed by atoms with Gasteiger partial charge in [-0.1, -0.05) is 47.5 Å². The normalized spacial score (nSPS) is 20.3. The van der Waals surface area contributed by atoms with Crippen molar-refractivity contribution in [1.82, 2.24) is 10.6 Å². The zero-order valence-corrected chi connectivity index (χ0v) is 14.0. The van der Waals surface area contributed by atoms with Crippen LogP contribution < -0.4 is 10.6 Å². The topological polar surface area (TPSA) is 70.6 Å². The second-order valence-electron chi connectivity index (χ2n) is 4.78. The number of nitrogens with one attached hydrogen (secondary N) is 2. The Balaban J connectivity index is 1.94. The number of hydrogen-bond donors (Lipinski definition) is 2.